The molecule has 142 valence electrons. The molecule has 0 bridgehead atoms. The molecule has 0 saturated carbocycles. The number of hydrogen-bond donors (Lipinski definition) is 3. The van der Waals surface area contributed by atoms with Gasteiger partial charge in [-0.25, -0.2) is 4.79 Å². The number of allylic oxidation sites excluding steroid dienone is 2. The molecule has 3 aromatic rings. The molecule has 7 nitrogen and oxygen atoms in total. The van der Waals surface area contributed by atoms with E-state index in [4.69, 9.17) is 4.42 Å². The van der Waals surface area contributed by atoms with Crippen LogP contribution in [0, 0.1) is 6.92 Å². The van der Waals surface area contributed by atoms with Crippen molar-refractivity contribution >= 4 is 22.9 Å². The molecule has 1 aliphatic heterocycles. The summed E-state index contributed by atoms with van der Waals surface area (Å²) < 4.78 is 5.51. The van der Waals surface area contributed by atoms with E-state index in [0.29, 0.717) is 29.8 Å². The predicted molar refractivity (Wildman–Crippen MR) is 105 cm³/mol. The smallest absolute Gasteiger partial charge is 0.327 e. The number of furan rings is 1. The van der Waals surface area contributed by atoms with Crippen molar-refractivity contribution < 1.29 is 9.21 Å². The lowest BCUT2D eigenvalue weighted by Crippen LogP contribution is -2.36. The highest BCUT2D eigenvalue weighted by Gasteiger charge is 2.41. The highest BCUT2D eigenvalue weighted by molar-refractivity contribution is 7.12. The third kappa shape index (κ3) is 2.60. The Bertz CT molecular complexity index is 1230. The summed E-state index contributed by atoms with van der Waals surface area (Å²) in [5, 5.41) is 3.16. The number of fused-ring (bicyclic) bond motifs is 1. The van der Waals surface area contributed by atoms with E-state index in [9.17, 15) is 14.4 Å². The Kier molecular flexibility index (Phi) is 3.77. The number of nitrogens with one attached hydrogen (secondary N) is 3. The average Bonchev–Trinajstić information content (AvgIpc) is 3.31. The quantitative estimate of drug-likeness (QED) is 0.618. The first-order valence-corrected chi connectivity index (χ1v) is 9.82. The third-order valence-electron chi connectivity index (χ3n) is 5.33. The van der Waals surface area contributed by atoms with Gasteiger partial charge >= 0.3 is 5.69 Å². The number of aromatic nitrogens is 2. The molecule has 2 unspecified atom stereocenters. The van der Waals surface area contributed by atoms with Crippen molar-refractivity contribution in [3.05, 3.63) is 83.7 Å². The molecule has 0 fully saturated rings. The number of H-pyrrole nitrogens is 2. The minimum absolute atomic E-state index is 0.0116. The van der Waals surface area contributed by atoms with Gasteiger partial charge in [0.2, 0.25) is 0 Å². The van der Waals surface area contributed by atoms with Crippen molar-refractivity contribution in [3.63, 3.8) is 0 Å². The van der Waals surface area contributed by atoms with Gasteiger partial charge in [-0.15, -0.1) is 11.3 Å². The number of Topliss-reactive ketones (excluding diaryl/α,β-unsaturated/α-hetero) is 1. The van der Waals surface area contributed by atoms with Crippen LogP contribution in [0.4, 0.5) is 5.82 Å². The second-order valence-electron chi connectivity index (χ2n) is 7.14. The van der Waals surface area contributed by atoms with E-state index in [-0.39, 0.29) is 11.7 Å². The summed E-state index contributed by atoms with van der Waals surface area (Å²) in [6.07, 6.45) is 2.50. The first-order valence-electron chi connectivity index (χ1n) is 9.00. The van der Waals surface area contributed by atoms with Crippen LogP contribution >= 0.6 is 11.3 Å². The van der Waals surface area contributed by atoms with Crippen molar-refractivity contribution in [1.82, 2.24) is 9.97 Å². The average molecular weight is 395 g/mol. The van der Waals surface area contributed by atoms with Gasteiger partial charge in [-0.1, -0.05) is 0 Å². The number of ketones is 1. The maximum atomic E-state index is 13.2. The van der Waals surface area contributed by atoms with Crippen LogP contribution in [0.15, 0.2) is 55.8 Å². The van der Waals surface area contributed by atoms with Crippen molar-refractivity contribution in [2.24, 2.45) is 0 Å². The minimum atomic E-state index is -0.578. The molecule has 0 radical (unpaired) electrons. The second-order valence-corrected chi connectivity index (χ2v) is 8.46. The Morgan fingerprint density at radius 2 is 1.96 bits per heavy atom. The largest absolute Gasteiger partial charge is 0.469 e. The Hall–Kier alpha value is -3.13. The van der Waals surface area contributed by atoms with E-state index >= 15 is 0 Å². The molecule has 0 aromatic carbocycles. The first kappa shape index (κ1) is 17.0. The number of aryl methyl sites for hydroxylation is 1. The van der Waals surface area contributed by atoms with Gasteiger partial charge < -0.3 is 9.73 Å². The highest BCUT2D eigenvalue weighted by atomic mass is 32.1. The van der Waals surface area contributed by atoms with E-state index < -0.39 is 17.2 Å². The van der Waals surface area contributed by atoms with E-state index in [0.717, 1.165) is 21.2 Å². The normalized spacial score (nSPS) is 21.2. The summed E-state index contributed by atoms with van der Waals surface area (Å²) in [6, 6.07) is 7.59. The standard InChI is InChI=1S/C20H17N3O4S/c1-9-4-5-14(28-9)16-15-11(21-18-17(16)19(25)23-20(26)22-18)7-10(8-12(15)24)13-3-2-6-27-13/h2-6,10,16H,7-8H2,1H3,(H3,21,22,23,25,26). The maximum Gasteiger partial charge on any atom is 0.327 e. The molecule has 0 saturated heterocycles. The lowest BCUT2D eigenvalue weighted by Gasteiger charge is -2.34. The number of carbonyl (C=O) groups is 1. The predicted octanol–water partition coefficient (Wildman–Crippen LogP) is 2.98. The van der Waals surface area contributed by atoms with Gasteiger partial charge in [0.05, 0.1) is 17.7 Å². The number of thiophene rings is 1. The summed E-state index contributed by atoms with van der Waals surface area (Å²) in [6.45, 7) is 1.98. The summed E-state index contributed by atoms with van der Waals surface area (Å²) in [5.41, 5.74) is 0.670. The molecule has 2 aliphatic rings. The Morgan fingerprint density at radius 3 is 2.68 bits per heavy atom. The van der Waals surface area contributed by atoms with Crippen LogP contribution in [0.1, 0.15) is 45.8 Å². The first-order chi connectivity index (χ1) is 13.5. The molecule has 3 N–H and O–H groups in total. The molecule has 8 heteroatoms. The summed E-state index contributed by atoms with van der Waals surface area (Å²) in [4.78, 5) is 44.7. The topological polar surface area (TPSA) is 108 Å². The van der Waals surface area contributed by atoms with Crippen LogP contribution in [0.25, 0.3) is 0 Å². The third-order valence-corrected chi connectivity index (χ3v) is 6.40. The van der Waals surface area contributed by atoms with Gasteiger partial charge in [-0.2, -0.15) is 0 Å². The zero-order valence-corrected chi connectivity index (χ0v) is 15.8. The SMILES string of the molecule is Cc1ccc(C2C3=C(CC(c4ccco4)CC3=O)Nc3[nH]c(=O)[nH]c(=O)c32)s1. The van der Waals surface area contributed by atoms with Gasteiger partial charge in [-0.05, 0) is 37.6 Å². The molecule has 4 heterocycles. The number of hydrogen-bond acceptors (Lipinski definition) is 6. The fourth-order valence-corrected chi connectivity index (χ4v) is 5.16. The van der Waals surface area contributed by atoms with E-state index in [1.165, 1.54) is 0 Å². The van der Waals surface area contributed by atoms with Gasteiger partial charge in [0.25, 0.3) is 5.56 Å². The summed E-state index contributed by atoms with van der Waals surface area (Å²) in [7, 11) is 0. The Labute approximate surface area is 163 Å². The second kappa shape index (κ2) is 6.20. The van der Waals surface area contributed by atoms with Gasteiger partial charge in [-0.3, -0.25) is 19.6 Å². The zero-order valence-electron chi connectivity index (χ0n) is 15.0. The van der Waals surface area contributed by atoms with Gasteiger partial charge in [0, 0.05) is 33.4 Å². The Morgan fingerprint density at radius 1 is 1.11 bits per heavy atom. The van der Waals surface area contributed by atoms with E-state index in [1.807, 2.05) is 31.2 Å². The molecule has 28 heavy (non-hydrogen) atoms. The maximum absolute atomic E-state index is 13.2. The molecule has 5 rings (SSSR count). The van der Waals surface area contributed by atoms with Crippen LogP contribution in [0.3, 0.4) is 0 Å². The van der Waals surface area contributed by atoms with Crippen LogP contribution in [-0.2, 0) is 4.79 Å². The molecule has 0 spiro atoms. The molecular formula is C20H17N3O4S. The van der Waals surface area contributed by atoms with Crippen molar-refractivity contribution in [1.29, 1.82) is 0 Å². The van der Waals surface area contributed by atoms with E-state index in [2.05, 4.69) is 15.3 Å². The van der Waals surface area contributed by atoms with Gasteiger partial charge in [0.1, 0.15) is 11.6 Å². The molecule has 0 amide bonds. The number of anilines is 1. The van der Waals surface area contributed by atoms with Crippen LogP contribution in [0.2, 0.25) is 0 Å². The van der Waals surface area contributed by atoms with Crippen LogP contribution in [-0.4, -0.2) is 15.8 Å². The van der Waals surface area contributed by atoms with Crippen LogP contribution < -0.4 is 16.6 Å². The molecular weight excluding hydrogens is 378 g/mol. The van der Waals surface area contributed by atoms with Crippen molar-refractivity contribution in [3.8, 4) is 0 Å². The lowest BCUT2D eigenvalue weighted by molar-refractivity contribution is -0.116. The van der Waals surface area contributed by atoms with Crippen molar-refractivity contribution in [2.45, 2.75) is 31.6 Å². The Balaban J connectivity index is 1.70. The fourth-order valence-electron chi connectivity index (χ4n) is 4.17. The summed E-state index contributed by atoms with van der Waals surface area (Å²) >= 11 is 1.55. The zero-order chi connectivity index (χ0) is 19.4. The van der Waals surface area contributed by atoms with Crippen LogP contribution in [0.5, 0.6) is 0 Å². The van der Waals surface area contributed by atoms with Crippen molar-refractivity contribution in [2.75, 3.05) is 5.32 Å². The highest BCUT2D eigenvalue weighted by Crippen LogP contribution is 2.47. The lowest BCUT2D eigenvalue weighted by atomic mass is 9.75. The number of carbonyl (C=O) groups excluding carboxylic acids is 1. The molecule has 3 aromatic heterocycles. The van der Waals surface area contributed by atoms with Gasteiger partial charge in [0.15, 0.2) is 5.78 Å². The number of rotatable bonds is 2. The minimum Gasteiger partial charge on any atom is -0.469 e. The summed E-state index contributed by atoms with van der Waals surface area (Å²) in [5.74, 6) is 0.541. The number of aromatic amines is 2. The molecule has 2 atom stereocenters. The molecule has 1 aliphatic carbocycles. The fraction of sp³-hybridized carbons (Fsp3) is 0.250. The monoisotopic (exact) mass is 395 g/mol. The van der Waals surface area contributed by atoms with E-state index in [1.54, 1.807) is 17.6 Å².